The molecule has 0 saturated carbocycles. The minimum atomic E-state index is -0.907. The molecule has 2 aromatic heterocycles. The molecule has 4 rings (SSSR count). The number of rotatable bonds is 3. The van der Waals surface area contributed by atoms with Crippen LogP contribution in [0.15, 0.2) is 42.0 Å². The minimum Gasteiger partial charge on any atom is -0.481 e. The number of benzene rings is 1. The summed E-state index contributed by atoms with van der Waals surface area (Å²) in [4.78, 5) is 30.9. The summed E-state index contributed by atoms with van der Waals surface area (Å²) in [6, 6.07) is 7.18. The van der Waals surface area contributed by atoms with Crippen molar-refractivity contribution in [1.82, 2.24) is 9.38 Å². The summed E-state index contributed by atoms with van der Waals surface area (Å²) < 4.78 is 1.88. The van der Waals surface area contributed by atoms with Crippen molar-refractivity contribution in [3.05, 3.63) is 53.3 Å². The predicted octanol–water partition coefficient (Wildman–Crippen LogP) is 2.15. The maximum Gasteiger partial charge on any atom is 0.312 e. The number of anilines is 1. The van der Waals surface area contributed by atoms with Crippen LogP contribution in [0.5, 0.6) is 0 Å². The third-order valence-electron chi connectivity index (χ3n) is 4.04. The molecule has 23 heavy (non-hydrogen) atoms. The fourth-order valence-corrected chi connectivity index (χ4v) is 3.69. The molecule has 1 aliphatic rings. The van der Waals surface area contributed by atoms with Gasteiger partial charge in [-0.05, 0) is 11.6 Å². The Morgan fingerprint density at radius 1 is 1.35 bits per heavy atom. The Balaban J connectivity index is 1.61. The molecule has 6 nitrogen and oxygen atoms in total. The third-order valence-corrected chi connectivity index (χ3v) is 4.81. The number of aromatic nitrogens is 2. The van der Waals surface area contributed by atoms with Crippen LogP contribution >= 0.6 is 11.3 Å². The van der Waals surface area contributed by atoms with Crippen molar-refractivity contribution in [3.8, 4) is 0 Å². The van der Waals surface area contributed by atoms with Crippen molar-refractivity contribution >= 4 is 33.9 Å². The number of hydrogen-bond donors (Lipinski definition) is 1. The Morgan fingerprint density at radius 2 is 2.17 bits per heavy atom. The van der Waals surface area contributed by atoms with Crippen LogP contribution in [0.4, 0.5) is 5.69 Å². The van der Waals surface area contributed by atoms with Crippen LogP contribution in [-0.4, -0.2) is 32.9 Å². The molecule has 3 heterocycles. The lowest BCUT2D eigenvalue weighted by molar-refractivity contribution is -0.138. The molecule has 1 aliphatic heterocycles. The van der Waals surface area contributed by atoms with Gasteiger partial charge in [0.15, 0.2) is 4.96 Å². The van der Waals surface area contributed by atoms with E-state index in [2.05, 4.69) is 4.98 Å². The van der Waals surface area contributed by atoms with E-state index in [1.165, 1.54) is 11.3 Å². The molecule has 116 valence electrons. The zero-order valence-electron chi connectivity index (χ0n) is 12.0. The van der Waals surface area contributed by atoms with Crippen LogP contribution in [0, 0.1) is 0 Å². The van der Waals surface area contributed by atoms with Gasteiger partial charge in [0, 0.05) is 30.0 Å². The number of nitrogens with zero attached hydrogens (tertiary/aromatic N) is 3. The smallest absolute Gasteiger partial charge is 0.312 e. The summed E-state index contributed by atoms with van der Waals surface area (Å²) in [6.45, 7) is 0.176. The maximum absolute atomic E-state index is 12.6. The largest absolute Gasteiger partial charge is 0.481 e. The lowest BCUT2D eigenvalue weighted by Gasteiger charge is -2.16. The highest BCUT2D eigenvalue weighted by Crippen LogP contribution is 2.36. The van der Waals surface area contributed by atoms with E-state index in [-0.39, 0.29) is 18.9 Å². The summed E-state index contributed by atoms with van der Waals surface area (Å²) in [5, 5.41) is 11.3. The van der Waals surface area contributed by atoms with E-state index in [9.17, 15) is 14.7 Å². The summed E-state index contributed by atoms with van der Waals surface area (Å²) in [5.74, 6) is -1.71. The molecular weight excluding hydrogens is 314 g/mol. The fourth-order valence-electron chi connectivity index (χ4n) is 2.97. The van der Waals surface area contributed by atoms with Crippen molar-refractivity contribution in [2.45, 2.75) is 12.3 Å². The third kappa shape index (κ3) is 2.29. The molecule has 0 spiro atoms. The van der Waals surface area contributed by atoms with Crippen LogP contribution < -0.4 is 4.90 Å². The van der Waals surface area contributed by atoms with Gasteiger partial charge in [-0.25, -0.2) is 4.98 Å². The molecule has 1 atom stereocenters. The Morgan fingerprint density at radius 3 is 2.96 bits per heavy atom. The number of carbonyl (C=O) groups excluding carboxylic acids is 1. The second-order valence-corrected chi connectivity index (χ2v) is 6.33. The van der Waals surface area contributed by atoms with Gasteiger partial charge < -0.3 is 10.0 Å². The van der Waals surface area contributed by atoms with E-state index in [4.69, 9.17) is 0 Å². The van der Waals surface area contributed by atoms with E-state index in [1.807, 2.05) is 28.2 Å². The number of imidazole rings is 1. The Labute approximate surface area is 135 Å². The number of carboxylic acids is 1. The monoisotopic (exact) mass is 327 g/mol. The van der Waals surface area contributed by atoms with E-state index in [1.54, 1.807) is 23.1 Å². The quantitative estimate of drug-likeness (QED) is 0.800. The molecule has 3 aromatic rings. The fraction of sp³-hybridized carbons (Fsp3) is 0.188. The van der Waals surface area contributed by atoms with Crippen LogP contribution in [-0.2, 0) is 16.0 Å². The number of amides is 1. The van der Waals surface area contributed by atoms with E-state index >= 15 is 0 Å². The van der Waals surface area contributed by atoms with Crippen molar-refractivity contribution in [2.24, 2.45) is 0 Å². The van der Waals surface area contributed by atoms with Gasteiger partial charge in [0.05, 0.1) is 12.1 Å². The normalized spacial score (nSPS) is 16.7. The first-order valence-electron chi connectivity index (χ1n) is 7.16. The summed E-state index contributed by atoms with van der Waals surface area (Å²) in [7, 11) is 0. The Bertz CT molecular complexity index is 886. The second-order valence-electron chi connectivity index (χ2n) is 5.46. The van der Waals surface area contributed by atoms with E-state index in [0.29, 0.717) is 16.9 Å². The van der Waals surface area contributed by atoms with E-state index < -0.39 is 11.9 Å². The first kappa shape index (κ1) is 14.0. The molecule has 0 unspecified atom stereocenters. The zero-order valence-corrected chi connectivity index (χ0v) is 12.9. The molecule has 1 aromatic carbocycles. The highest BCUT2D eigenvalue weighted by Gasteiger charge is 2.36. The van der Waals surface area contributed by atoms with Crippen molar-refractivity contribution in [1.29, 1.82) is 0 Å². The van der Waals surface area contributed by atoms with Crippen LogP contribution in [0.25, 0.3) is 4.96 Å². The lowest BCUT2D eigenvalue weighted by atomic mass is 10.0. The first-order chi connectivity index (χ1) is 11.1. The van der Waals surface area contributed by atoms with Crippen molar-refractivity contribution in [3.63, 3.8) is 0 Å². The molecule has 0 bridgehead atoms. The summed E-state index contributed by atoms with van der Waals surface area (Å²) >= 11 is 1.51. The predicted molar refractivity (Wildman–Crippen MR) is 85.9 cm³/mol. The zero-order chi connectivity index (χ0) is 16.0. The molecule has 0 fully saturated rings. The highest BCUT2D eigenvalue weighted by atomic mass is 32.1. The maximum atomic E-state index is 12.6. The number of hydrogen-bond acceptors (Lipinski definition) is 4. The Kier molecular flexibility index (Phi) is 3.16. The Hall–Kier alpha value is -2.67. The summed E-state index contributed by atoms with van der Waals surface area (Å²) in [6.07, 6.45) is 3.89. The molecular formula is C16H13N3O3S. The number of carboxylic acid groups (broad SMARTS) is 1. The lowest BCUT2D eigenvalue weighted by Crippen LogP contribution is -2.32. The number of thiazole rings is 1. The minimum absolute atomic E-state index is 0.132. The van der Waals surface area contributed by atoms with Crippen molar-refractivity contribution in [2.75, 3.05) is 11.4 Å². The number of aliphatic carboxylic acids is 1. The van der Waals surface area contributed by atoms with Gasteiger partial charge in [0.2, 0.25) is 5.91 Å². The van der Waals surface area contributed by atoms with Crippen molar-refractivity contribution < 1.29 is 14.7 Å². The summed E-state index contributed by atoms with van der Waals surface area (Å²) in [5.41, 5.74) is 2.07. The van der Waals surface area contributed by atoms with Gasteiger partial charge in [-0.2, -0.15) is 0 Å². The van der Waals surface area contributed by atoms with Gasteiger partial charge >= 0.3 is 5.97 Å². The molecule has 1 amide bonds. The first-order valence-corrected chi connectivity index (χ1v) is 8.04. The molecule has 0 aliphatic carbocycles. The topological polar surface area (TPSA) is 74.9 Å². The standard InChI is InChI=1S/C16H13N3O3S/c20-14(7-10-8-18-5-6-23-16(18)17-10)19-9-12(15(21)22)11-3-1-2-4-13(11)19/h1-6,8,12H,7,9H2,(H,21,22)/t12-/m1/s1. The number of fused-ring (bicyclic) bond motifs is 2. The molecule has 0 radical (unpaired) electrons. The van der Waals surface area contributed by atoms with Gasteiger partial charge in [-0.1, -0.05) is 18.2 Å². The molecule has 0 saturated heterocycles. The second kappa shape index (κ2) is 5.20. The van der Waals surface area contributed by atoms with Gasteiger partial charge in [-0.3, -0.25) is 14.0 Å². The van der Waals surface area contributed by atoms with Crippen LogP contribution in [0.3, 0.4) is 0 Å². The highest BCUT2D eigenvalue weighted by molar-refractivity contribution is 7.15. The van der Waals surface area contributed by atoms with Gasteiger partial charge in [0.1, 0.15) is 5.92 Å². The molecule has 7 heteroatoms. The van der Waals surface area contributed by atoms with Crippen LogP contribution in [0.2, 0.25) is 0 Å². The van der Waals surface area contributed by atoms with Crippen LogP contribution in [0.1, 0.15) is 17.2 Å². The van der Waals surface area contributed by atoms with Gasteiger partial charge in [-0.15, -0.1) is 11.3 Å². The molecule has 1 N–H and O–H groups in total. The van der Waals surface area contributed by atoms with E-state index in [0.717, 1.165) is 4.96 Å². The number of para-hydroxylation sites is 1. The SMILES string of the molecule is O=C(O)[C@@H]1CN(C(=O)Cc2cn3ccsc3n2)c2ccccc21. The average Bonchev–Trinajstić information content (AvgIpc) is 3.18. The average molecular weight is 327 g/mol. The van der Waals surface area contributed by atoms with Gasteiger partial charge in [0.25, 0.3) is 0 Å². The number of carbonyl (C=O) groups is 2.